The molecule has 0 bridgehead atoms. The Balaban J connectivity index is 3.06. The minimum absolute atomic E-state index is 0.178. The van der Waals surface area contributed by atoms with Gasteiger partial charge in [-0.1, -0.05) is 23.7 Å². The van der Waals surface area contributed by atoms with Crippen LogP contribution in [-0.2, 0) is 14.3 Å². The summed E-state index contributed by atoms with van der Waals surface area (Å²) in [4.78, 5) is 22.4. The first-order valence-corrected chi connectivity index (χ1v) is 6.40. The number of carbonyl (C=O) groups is 1. The molecule has 0 N–H and O–H groups in total. The van der Waals surface area contributed by atoms with Crippen LogP contribution in [0, 0.1) is 5.92 Å². The number of carbonyl (C=O) groups excluding carboxylic acids is 2. The molecule has 0 aliphatic carbocycles. The maximum Gasteiger partial charge on any atom is 0.402 e. The van der Waals surface area contributed by atoms with Crippen molar-refractivity contribution in [3.8, 4) is 0 Å². The number of hydrogen-bond acceptors (Lipinski definition) is 3. The van der Waals surface area contributed by atoms with Gasteiger partial charge in [-0.25, -0.2) is 4.79 Å². The van der Waals surface area contributed by atoms with Gasteiger partial charge >= 0.3 is 12.1 Å². The molecule has 114 valence electrons. The molecular weight excluding hydrogens is 309 g/mol. The van der Waals surface area contributed by atoms with Crippen molar-refractivity contribution >= 4 is 29.1 Å². The second kappa shape index (κ2) is 7.29. The number of rotatable bonds is 5. The van der Waals surface area contributed by atoms with E-state index in [0.717, 1.165) is 0 Å². The Kier molecular flexibility index (Phi) is 6.00. The molecular formula is C14H12ClF3O3. The van der Waals surface area contributed by atoms with Crippen molar-refractivity contribution in [2.45, 2.75) is 19.5 Å². The summed E-state index contributed by atoms with van der Waals surface area (Å²) < 4.78 is 43.2. The van der Waals surface area contributed by atoms with E-state index in [9.17, 15) is 22.8 Å². The Labute approximate surface area is 124 Å². The topological polar surface area (TPSA) is 43.4 Å². The van der Waals surface area contributed by atoms with Crippen LogP contribution < -0.4 is 0 Å². The van der Waals surface area contributed by atoms with Crippen LogP contribution in [0.25, 0.3) is 5.57 Å². The number of esters is 1. The van der Waals surface area contributed by atoms with E-state index in [2.05, 4.69) is 4.74 Å². The highest BCUT2D eigenvalue weighted by molar-refractivity contribution is 6.30. The summed E-state index contributed by atoms with van der Waals surface area (Å²) in [6.45, 7) is 1.22. The van der Waals surface area contributed by atoms with Crippen molar-refractivity contribution < 1.29 is 27.5 Å². The summed E-state index contributed by atoms with van der Waals surface area (Å²) in [6.07, 6.45) is -5.65. The number of halogens is 4. The molecule has 0 fully saturated rings. The SMILES string of the molecule is CCOC(=O)C(CC(=C=O)c1cccc(Cl)c1)C(F)(F)F. The highest BCUT2D eigenvalue weighted by Gasteiger charge is 2.46. The third-order valence-corrected chi connectivity index (χ3v) is 2.91. The lowest BCUT2D eigenvalue weighted by Gasteiger charge is -2.19. The van der Waals surface area contributed by atoms with Gasteiger partial charge in [0.25, 0.3) is 0 Å². The van der Waals surface area contributed by atoms with E-state index >= 15 is 0 Å². The van der Waals surface area contributed by atoms with Crippen LogP contribution in [0.2, 0.25) is 5.02 Å². The second-order valence-corrected chi connectivity index (χ2v) is 4.58. The quantitative estimate of drug-likeness (QED) is 0.614. The molecule has 0 aliphatic rings. The maximum atomic E-state index is 12.9. The fraction of sp³-hybridized carbons (Fsp3) is 0.357. The molecule has 1 rings (SSSR count). The van der Waals surface area contributed by atoms with Crippen molar-refractivity contribution in [3.63, 3.8) is 0 Å². The lowest BCUT2D eigenvalue weighted by molar-refractivity contribution is -0.196. The molecule has 7 heteroatoms. The van der Waals surface area contributed by atoms with Crippen molar-refractivity contribution in [3.05, 3.63) is 34.9 Å². The summed E-state index contributed by atoms with van der Waals surface area (Å²) in [7, 11) is 0. The molecule has 0 aromatic heterocycles. The molecule has 0 amide bonds. The molecule has 0 aliphatic heterocycles. The highest BCUT2D eigenvalue weighted by Crippen LogP contribution is 2.34. The maximum absolute atomic E-state index is 12.9. The summed E-state index contributed by atoms with van der Waals surface area (Å²) in [6, 6.07) is 5.76. The summed E-state index contributed by atoms with van der Waals surface area (Å²) >= 11 is 5.73. The van der Waals surface area contributed by atoms with Crippen LogP contribution in [0.3, 0.4) is 0 Å². The van der Waals surface area contributed by atoms with E-state index in [-0.39, 0.29) is 22.8 Å². The van der Waals surface area contributed by atoms with E-state index < -0.39 is 24.5 Å². The fourth-order valence-electron chi connectivity index (χ4n) is 1.67. The average Bonchev–Trinajstić information content (AvgIpc) is 2.38. The molecule has 1 atom stereocenters. The molecule has 21 heavy (non-hydrogen) atoms. The van der Waals surface area contributed by atoms with Crippen molar-refractivity contribution in [1.82, 2.24) is 0 Å². The smallest absolute Gasteiger partial charge is 0.402 e. The minimum atomic E-state index is -4.81. The Hall–Kier alpha value is -1.78. The van der Waals surface area contributed by atoms with E-state index in [0.29, 0.717) is 0 Å². The van der Waals surface area contributed by atoms with Gasteiger partial charge in [-0.3, -0.25) is 4.79 Å². The number of ether oxygens (including phenoxy) is 1. The molecule has 0 heterocycles. The third-order valence-electron chi connectivity index (χ3n) is 2.67. The first-order valence-electron chi connectivity index (χ1n) is 6.02. The van der Waals surface area contributed by atoms with Gasteiger partial charge in [0.2, 0.25) is 0 Å². The summed E-state index contributed by atoms with van der Waals surface area (Å²) in [5.41, 5.74) is -0.0936. The molecule has 3 nitrogen and oxygen atoms in total. The Bertz CT molecular complexity index is 563. The Morgan fingerprint density at radius 3 is 2.57 bits per heavy atom. The van der Waals surface area contributed by atoms with Crippen LogP contribution in [0.1, 0.15) is 18.9 Å². The first kappa shape index (κ1) is 17.3. The van der Waals surface area contributed by atoms with Crippen LogP contribution in [0.5, 0.6) is 0 Å². The highest BCUT2D eigenvalue weighted by atomic mass is 35.5. The van der Waals surface area contributed by atoms with Crippen LogP contribution >= 0.6 is 11.6 Å². The van der Waals surface area contributed by atoms with Crippen LogP contribution in [-0.4, -0.2) is 24.7 Å². The predicted molar refractivity (Wildman–Crippen MR) is 71.3 cm³/mol. The minimum Gasteiger partial charge on any atom is -0.466 e. The van der Waals surface area contributed by atoms with Crippen molar-refractivity contribution in [1.29, 1.82) is 0 Å². The number of hydrogen-bond donors (Lipinski definition) is 0. The standard InChI is InChI=1S/C14H12ClF3O3/c1-2-21-13(20)12(14(16,17)18)7-10(8-19)9-4-3-5-11(15)6-9/h3-6,12H,2,7H2,1H3. The van der Waals surface area contributed by atoms with Gasteiger partial charge in [-0.05, 0) is 24.6 Å². The van der Waals surface area contributed by atoms with Gasteiger partial charge in [0, 0.05) is 17.0 Å². The van der Waals surface area contributed by atoms with Crippen LogP contribution in [0.15, 0.2) is 24.3 Å². The molecule has 0 radical (unpaired) electrons. The number of benzene rings is 1. The number of allylic oxidation sites excluding steroid dienone is 1. The number of alkyl halides is 3. The Morgan fingerprint density at radius 1 is 1.43 bits per heavy atom. The second-order valence-electron chi connectivity index (χ2n) is 4.14. The van der Waals surface area contributed by atoms with Crippen LogP contribution in [0.4, 0.5) is 13.2 Å². The van der Waals surface area contributed by atoms with Gasteiger partial charge in [0.05, 0.1) is 6.61 Å². The van der Waals surface area contributed by atoms with Gasteiger partial charge in [-0.2, -0.15) is 13.2 Å². The van der Waals surface area contributed by atoms with E-state index in [1.54, 1.807) is 0 Å². The summed E-state index contributed by atoms with van der Waals surface area (Å²) in [5, 5.41) is 0.264. The first-order chi connectivity index (χ1) is 9.79. The molecule has 0 saturated carbocycles. The normalized spacial score (nSPS) is 12.4. The third kappa shape index (κ3) is 4.92. The zero-order valence-corrected chi connectivity index (χ0v) is 11.8. The molecule has 0 saturated heterocycles. The predicted octanol–water partition coefficient (Wildman–Crippen LogP) is 3.69. The lowest BCUT2D eigenvalue weighted by Crippen LogP contribution is -2.32. The van der Waals surface area contributed by atoms with E-state index in [4.69, 9.17) is 11.6 Å². The molecule has 1 aromatic rings. The largest absolute Gasteiger partial charge is 0.466 e. The summed E-state index contributed by atoms with van der Waals surface area (Å²) in [5.74, 6) is -2.38. The van der Waals surface area contributed by atoms with Gasteiger partial charge in [-0.15, -0.1) is 0 Å². The average molecular weight is 321 g/mol. The van der Waals surface area contributed by atoms with Gasteiger partial charge in [0.1, 0.15) is 5.94 Å². The fourth-order valence-corrected chi connectivity index (χ4v) is 1.86. The van der Waals surface area contributed by atoms with E-state index in [1.807, 2.05) is 0 Å². The zero-order chi connectivity index (χ0) is 16.0. The lowest BCUT2D eigenvalue weighted by atomic mass is 9.95. The molecule has 0 spiro atoms. The molecule has 1 aromatic carbocycles. The molecule has 1 unspecified atom stereocenters. The zero-order valence-electron chi connectivity index (χ0n) is 11.0. The van der Waals surface area contributed by atoms with Crippen molar-refractivity contribution in [2.75, 3.05) is 6.61 Å². The van der Waals surface area contributed by atoms with Gasteiger partial charge in [0.15, 0.2) is 5.92 Å². The van der Waals surface area contributed by atoms with Gasteiger partial charge < -0.3 is 4.74 Å². The van der Waals surface area contributed by atoms with E-state index in [1.165, 1.54) is 37.1 Å². The Morgan fingerprint density at radius 2 is 2.10 bits per heavy atom. The monoisotopic (exact) mass is 320 g/mol. The van der Waals surface area contributed by atoms with Crippen molar-refractivity contribution in [2.24, 2.45) is 5.92 Å².